The van der Waals surface area contributed by atoms with E-state index >= 15 is 0 Å². The third-order valence-electron chi connectivity index (χ3n) is 5.45. The van der Waals surface area contributed by atoms with Crippen molar-refractivity contribution in [2.75, 3.05) is 4.90 Å². The van der Waals surface area contributed by atoms with Gasteiger partial charge in [-0.25, -0.2) is 9.29 Å². The van der Waals surface area contributed by atoms with Crippen molar-refractivity contribution in [3.63, 3.8) is 0 Å². The number of benzene rings is 3. The monoisotopic (exact) mass is 481 g/mol. The van der Waals surface area contributed by atoms with Gasteiger partial charge in [0.15, 0.2) is 0 Å². The number of amides is 3. The smallest absolute Gasteiger partial charge is 0.270 e. The first kappa shape index (κ1) is 23.1. The summed E-state index contributed by atoms with van der Waals surface area (Å²) in [6, 6.07) is 15.5. The second-order valence-corrected chi connectivity index (χ2v) is 8.00. The largest absolute Gasteiger partial charge is 0.322 e. The number of non-ortho nitro benzene ring substituents is 1. The molecule has 4 rings (SSSR count). The second-order valence-electron chi connectivity index (χ2n) is 7.60. The van der Waals surface area contributed by atoms with Crippen LogP contribution in [0.4, 0.5) is 15.8 Å². The Labute approximate surface area is 198 Å². The van der Waals surface area contributed by atoms with E-state index in [2.05, 4.69) is 0 Å². The van der Waals surface area contributed by atoms with Crippen molar-refractivity contribution < 1.29 is 23.7 Å². The van der Waals surface area contributed by atoms with Crippen LogP contribution in [-0.2, 0) is 16.1 Å². The van der Waals surface area contributed by atoms with Crippen molar-refractivity contribution in [3.05, 3.63) is 105 Å². The summed E-state index contributed by atoms with van der Waals surface area (Å²) >= 11 is 6.27. The summed E-state index contributed by atoms with van der Waals surface area (Å²) in [4.78, 5) is 52.2. The van der Waals surface area contributed by atoms with Crippen LogP contribution in [0.3, 0.4) is 0 Å². The minimum atomic E-state index is -1.18. The van der Waals surface area contributed by atoms with E-state index in [0.29, 0.717) is 10.6 Å². The number of nitrogens with zero attached hydrogens (tertiary/aromatic N) is 3. The van der Waals surface area contributed by atoms with Gasteiger partial charge in [-0.1, -0.05) is 35.9 Å². The Morgan fingerprint density at radius 2 is 1.79 bits per heavy atom. The molecule has 0 radical (unpaired) electrons. The maximum absolute atomic E-state index is 13.5. The molecule has 0 aromatic heterocycles. The van der Waals surface area contributed by atoms with Crippen LogP contribution in [0.2, 0.25) is 5.02 Å². The normalized spacial score (nSPS) is 15.5. The van der Waals surface area contributed by atoms with E-state index in [9.17, 15) is 28.9 Å². The fourth-order valence-electron chi connectivity index (χ4n) is 3.77. The van der Waals surface area contributed by atoms with Crippen molar-refractivity contribution in [1.82, 2.24) is 4.90 Å². The van der Waals surface area contributed by atoms with Crippen LogP contribution in [0.1, 0.15) is 22.3 Å². The fourth-order valence-corrected chi connectivity index (χ4v) is 3.97. The molecular weight excluding hydrogens is 465 g/mol. The molecule has 3 aromatic rings. The molecule has 1 aliphatic heterocycles. The summed E-state index contributed by atoms with van der Waals surface area (Å²) in [7, 11) is 0. The lowest BCUT2D eigenvalue weighted by Crippen LogP contribution is -2.45. The maximum Gasteiger partial charge on any atom is 0.270 e. The topological polar surface area (TPSA) is 101 Å². The third-order valence-corrected chi connectivity index (χ3v) is 5.82. The number of nitro groups is 1. The lowest BCUT2D eigenvalue weighted by atomic mass is 10.1. The van der Waals surface area contributed by atoms with Crippen molar-refractivity contribution in [2.24, 2.45) is 0 Å². The van der Waals surface area contributed by atoms with E-state index in [1.54, 1.807) is 24.3 Å². The molecule has 0 saturated carbocycles. The Bertz CT molecular complexity index is 1300. The highest BCUT2D eigenvalue weighted by Gasteiger charge is 2.44. The highest BCUT2D eigenvalue weighted by molar-refractivity contribution is 6.31. The average Bonchev–Trinajstić information content (AvgIpc) is 3.12. The third kappa shape index (κ3) is 4.51. The predicted molar refractivity (Wildman–Crippen MR) is 122 cm³/mol. The molecule has 1 fully saturated rings. The first-order valence-electron chi connectivity index (χ1n) is 10.2. The number of hydrogen-bond donors (Lipinski definition) is 0. The second kappa shape index (κ2) is 9.40. The molecular formula is C24H17ClFN3O5. The number of carbonyl (C=O) groups excluding carboxylic acids is 3. The Hall–Kier alpha value is -4.11. The summed E-state index contributed by atoms with van der Waals surface area (Å²) in [5.41, 5.74) is 0.412. The highest BCUT2D eigenvalue weighted by Crippen LogP contribution is 2.29. The van der Waals surface area contributed by atoms with Gasteiger partial charge in [0, 0.05) is 29.3 Å². The van der Waals surface area contributed by atoms with Crippen LogP contribution in [0.25, 0.3) is 0 Å². The molecule has 1 aliphatic rings. The predicted octanol–water partition coefficient (Wildman–Crippen LogP) is 4.36. The minimum Gasteiger partial charge on any atom is -0.322 e. The van der Waals surface area contributed by atoms with Crippen molar-refractivity contribution >= 4 is 40.7 Å². The van der Waals surface area contributed by atoms with Gasteiger partial charge in [0.05, 0.1) is 17.0 Å². The Kier molecular flexibility index (Phi) is 6.38. The molecule has 172 valence electrons. The van der Waals surface area contributed by atoms with Crippen LogP contribution < -0.4 is 4.90 Å². The van der Waals surface area contributed by atoms with E-state index in [1.165, 1.54) is 35.2 Å². The number of carbonyl (C=O) groups is 3. The fraction of sp³-hybridized carbons (Fsp3) is 0.125. The van der Waals surface area contributed by atoms with E-state index in [4.69, 9.17) is 11.6 Å². The number of anilines is 1. The molecule has 0 N–H and O–H groups in total. The summed E-state index contributed by atoms with van der Waals surface area (Å²) in [5.74, 6) is -2.42. The van der Waals surface area contributed by atoms with Crippen LogP contribution in [0, 0.1) is 15.9 Å². The number of halogens is 2. The van der Waals surface area contributed by atoms with Gasteiger partial charge in [-0.3, -0.25) is 24.5 Å². The number of imide groups is 1. The van der Waals surface area contributed by atoms with Crippen LogP contribution >= 0.6 is 11.6 Å². The molecule has 1 unspecified atom stereocenters. The molecule has 34 heavy (non-hydrogen) atoms. The summed E-state index contributed by atoms with van der Waals surface area (Å²) in [5, 5.41) is 11.5. The Balaban J connectivity index is 1.73. The van der Waals surface area contributed by atoms with Crippen molar-refractivity contribution in [1.29, 1.82) is 0 Å². The lowest BCUT2D eigenvalue weighted by molar-refractivity contribution is -0.384. The SMILES string of the molecule is O=C1CC(N(Cc2ccccc2Cl)C(=O)c2cccc([N+](=O)[O-])c2)C(=O)N1c1ccc(F)cc1. The molecule has 8 nitrogen and oxygen atoms in total. The zero-order chi connectivity index (χ0) is 24.4. The Morgan fingerprint density at radius 1 is 1.09 bits per heavy atom. The van der Waals surface area contributed by atoms with Gasteiger partial charge >= 0.3 is 0 Å². The van der Waals surface area contributed by atoms with Gasteiger partial charge in [0.25, 0.3) is 17.5 Å². The van der Waals surface area contributed by atoms with Gasteiger partial charge in [-0.05, 0) is 42.0 Å². The van der Waals surface area contributed by atoms with Crippen LogP contribution in [0.5, 0.6) is 0 Å². The first-order chi connectivity index (χ1) is 16.3. The molecule has 10 heteroatoms. The van der Waals surface area contributed by atoms with E-state index in [1.807, 2.05) is 0 Å². The van der Waals surface area contributed by atoms with E-state index < -0.39 is 34.5 Å². The van der Waals surface area contributed by atoms with Crippen molar-refractivity contribution in [2.45, 2.75) is 19.0 Å². The quantitative estimate of drug-likeness (QED) is 0.296. The number of rotatable bonds is 6. The highest BCUT2D eigenvalue weighted by atomic mass is 35.5. The lowest BCUT2D eigenvalue weighted by Gasteiger charge is -2.28. The zero-order valence-electron chi connectivity index (χ0n) is 17.6. The zero-order valence-corrected chi connectivity index (χ0v) is 18.3. The van der Waals surface area contributed by atoms with Crippen LogP contribution in [-0.4, -0.2) is 33.6 Å². The number of hydrogen-bond acceptors (Lipinski definition) is 5. The van der Waals surface area contributed by atoms with E-state index in [-0.39, 0.29) is 29.9 Å². The van der Waals surface area contributed by atoms with Crippen LogP contribution in [0.15, 0.2) is 72.8 Å². The molecule has 1 heterocycles. The summed E-state index contributed by atoms with van der Waals surface area (Å²) in [6.45, 7) is -0.109. The molecule has 1 saturated heterocycles. The molecule has 3 amide bonds. The summed E-state index contributed by atoms with van der Waals surface area (Å²) in [6.07, 6.45) is -0.304. The number of nitro benzene ring substituents is 1. The molecule has 1 atom stereocenters. The van der Waals surface area contributed by atoms with Crippen molar-refractivity contribution in [3.8, 4) is 0 Å². The maximum atomic E-state index is 13.5. The molecule has 0 spiro atoms. The van der Waals surface area contributed by atoms with Gasteiger partial charge in [0.2, 0.25) is 5.91 Å². The van der Waals surface area contributed by atoms with Gasteiger partial charge in [-0.2, -0.15) is 0 Å². The molecule has 0 bridgehead atoms. The Morgan fingerprint density at radius 3 is 2.47 bits per heavy atom. The van der Waals surface area contributed by atoms with E-state index in [0.717, 1.165) is 23.1 Å². The van der Waals surface area contributed by atoms with Gasteiger partial charge < -0.3 is 4.90 Å². The van der Waals surface area contributed by atoms with Gasteiger partial charge in [-0.15, -0.1) is 0 Å². The molecule has 3 aromatic carbocycles. The summed E-state index contributed by atoms with van der Waals surface area (Å²) < 4.78 is 13.3. The van der Waals surface area contributed by atoms with Gasteiger partial charge in [0.1, 0.15) is 11.9 Å². The molecule has 0 aliphatic carbocycles. The minimum absolute atomic E-state index is 0.0123. The first-order valence-corrected chi connectivity index (χ1v) is 10.6. The average molecular weight is 482 g/mol. The standard InChI is InChI=1S/C24H17ClFN3O5/c25-20-7-2-1-4-16(20)14-27(23(31)15-5-3-6-19(12-15)29(33)34)21-13-22(30)28(24(21)32)18-10-8-17(26)9-11-18/h1-12,21H,13-14H2.